The molecule has 1 N–H and O–H groups in total. The number of anilines is 1. The van der Waals surface area contributed by atoms with Crippen molar-refractivity contribution < 1.29 is 17.6 Å². The number of para-hydroxylation sites is 1. The molecule has 0 spiro atoms. The Morgan fingerprint density at radius 1 is 1.15 bits per heavy atom. The van der Waals surface area contributed by atoms with E-state index in [-0.39, 0.29) is 17.0 Å². The van der Waals surface area contributed by atoms with E-state index in [1.54, 1.807) is 37.3 Å². The molecular formula is C20H25FN2O3S. The third kappa shape index (κ3) is 5.07. The smallest absolute Gasteiger partial charge is 0.264 e. The van der Waals surface area contributed by atoms with Gasteiger partial charge in [-0.2, -0.15) is 0 Å². The van der Waals surface area contributed by atoms with Crippen LogP contribution in [-0.4, -0.2) is 27.4 Å². The third-order valence-electron chi connectivity index (χ3n) is 4.11. The topological polar surface area (TPSA) is 66.5 Å². The lowest BCUT2D eigenvalue weighted by atomic mass is 10.1. The van der Waals surface area contributed by atoms with Gasteiger partial charge in [0, 0.05) is 13.1 Å². The van der Waals surface area contributed by atoms with E-state index in [4.69, 9.17) is 0 Å². The Morgan fingerprint density at radius 2 is 1.81 bits per heavy atom. The van der Waals surface area contributed by atoms with Crippen LogP contribution in [0.3, 0.4) is 0 Å². The van der Waals surface area contributed by atoms with Crippen molar-refractivity contribution in [3.63, 3.8) is 0 Å². The molecule has 2 aromatic rings. The largest absolute Gasteiger partial charge is 0.352 e. The van der Waals surface area contributed by atoms with Gasteiger partial charge in [0.15, 0.2) is 0 Å². The summed E-state index contributed by atoms with van der Waals surface area (Å²) in [5, 5.41) is 2.64. The average molecular weight is 392 g/mol. The quantitative estimate of drug-likeness (QED) is 0.743. The molecule has 2 aromatic carbocycles. The van der Waals surface area contributed by atoms with E-state index in [1.807, 2.05) is 13.8 Å². The summed E-state index contributed by atoms with van der Waals surface area (Å²) in [4.78, 5) is 12.2. The number of halogens is 1. The van der Waals surface area contributed by atoms with E-state index in [1.165, 1.54) is 10.4 Å². The van der Waals surface area contributed by atoms with E-state index in [9.17, 15) is 17.6 Å². The number of carbonyl (C=O) groups is 1. The van der Waals surface area contributed by atoms with Crippen LogP contribution in [0.4, 0.5) is 10.1 Å². The van der Waals surface area contributed by atoms with Gasteiger partial charge < -0.3 is 5.32 Å². The van der Waals surface area contributed by atoms with Crippen LogP contribution >= 0.6 is 0 Å². The molecule has 146 valence electrons. The normalized spacial score (nSPS) is 11.4. The maximum absolute atomic E-state index is 14.1. The van der Waals surface area contributed by atoms with Crippen LogP contribution in [0.2, 0.25) is 0 Å². The maximum atomic E-state index is 14.1. The van der Waals surface area contributed by atoms with Crippen LogP contribution in [-0.2, 0) is 10.0 Å². The number of amides is 1. The molecule has 0 aliphatic carbocycles. The zero-order valence-corrected chi connectivity index (χ0v) is 16.6. The van der Waals surface area contributed by atoms with Gasteiger partial charge in [0.1, 0.15) is 5.82 Å². The lowest BCUT2D eigenvalue weighted by Crippen LogP contribution is -2.31. The maximum Gasteiger partial charge on any atom is 0.264 e. The Morgan fingerprint density at radius 3 is 2.41 bits per heavy atom. The Balaban J connectivity index is 2.34. The summed E-state index contributed by atoms with van der Waals surface area (Å²) in [7, 11) is -3.92. The third-order valence-corrected chi connectivity index (χ3v) is 6.01. The second-order valence-corrected chi connectivity index (χ2v) is 8.45. The summed E-state index contributed by atoms with van der Waals surface area (Å²) in [6.45, 7) is 6.36. The molecule has 0 atom stereocenters. The molecular weight excluding hydrogens is 367 g/mol. The van der Waals surface area contributed by atoms with Crippen molar-refractivity contribution in [3.8, 4) is 0 Å². The average Bonchev–Trinajstić information content (AvgIpc) is 2.62. The summed E-state index contributed by atoms with van der Waals surface area (Å²) in [5.74, 6) is -0.974. The van der Waals surface area contributed by atoms with Gasteiger partial charge in [0.25, 0.3) is 15.9 Å². The lowest BCUT2D eigenvalue weighted by molar-refractivity contribution is 0.0947. The number of hydrogen-bond acceptors (Lipinski definition) is 3. The Kier molecular flexibility index (Phi) is 6.96. The Labute approximate surface area is 160 Å². The van der Waals surface area contributed by atoms with Crippen LogP contribution in [0.25, 0.3) is 0 Å². The summed E-state index contributed by atoms with van der Waals surface area (Å²) in [6.07, 6.45) is 0.753. The highest BCUT2D eigenvalue weighted by molar-refractivity contribution is 7.92. The van der Waals surface area contributed by atoms with Gasteiger partial charge >= 0.3 is 0 Å². The van der Waals surface area contributed by atoms with Crippen LogP contribution in [0.1, 0.15) is 37.6 Å². The second kappa shape index (κ2) is 8.99. The summed E-state index contributed by atoms with van der Waals surface area (Å²) in [6, 6.07) is 11.9. The molecule has 2 rings (SSSR count). The molecule has 0 aromatic heterocycles. The number of nitrogens with one attached hydrogen (secondary N) is 1. The number of hydrogen-bond donors (Lipinski definition) is 1. The summed E-state index contributed by atoms with van der Waals surface area (Å²) in [5.41, 5.74) is 0.233. The highest BCUT2D eigenvalue weighted by Gasteiger charge is 2.25. The Hall–Kier alpha value is -2.41. The van der Waals surface area contributed by atoms with Gasteiger partial charge in [-0.3, -0.25) is 9.10 Å². The zero-order valence-electron chi connectivity index (χ0n) is 15.8. The van der Waals surface area contributed by atoms with E-state index in [0.29, 0.717) is 18.2 Å². The fraction of sp³-hybridized carbons (Fsp3) is 0.350. The van der Waals surface area contributed by atoms with Crippen molar-refractivity contribution in [1.29, 1.82) is 0 Å². The predicted molar refractivity (Wildman–Crippen MR) is 105 cm³/mol. The first kappa shape index (κ1) is 20.9. The van der Waals surface area contributed by atoms with Gasteiger partial charge in [0.2, 0.25) is 0 Å². The molecule has 7 heteroatoms. The fourth-order valence-corrected chi connectivity index (χ4v) is 4.12. The number of benzene rings is 2. The molecule has 0 unspecified atom stereocenters. The van der Waals surface area contributed by atoms with Crippen molar-refractivity contribution in [2.45, 2.75) is 32.1 Å². The number of nitrogens with zero attached hydrogens (tertiary/aromatic N) is 1. The van der Waals surface area contributed by atoms with Crippen molar-refractivity contribution >= 4 is 21.6 Å². The summed E-state index contributed by atoms with van der Waals surface area (Å²) >= 11 is 0. The predicted octanol–water partition coefficient (Wildman–Crippen LogP) is 3.82. The first-order valence-corrected chi connectivity index (χ1v) is 10.4. The minimum Gasteiger partial charge on any atom is -0.352 e. The van der Waals surface area contributed by atoms with Crippen LogP contribution in [0.15, 0.2) is 53.4 Å². The molecule has 1 amide bonds. The van der Waals surface area contributed by atoms with Crippen LogP contribution in [0.5, 0.6) is 0 Å². The monoisotopic (exact) mass is 392 g/mol. The van der Waals surface area contributed by atoms with Gasteiger partial charge in [-0.25, -0.2) is 12.8 Å². The molecule has 0 bridgehead atoms. The fourth-order valence-electron chi connectivity index (χ4n) is 2.62. The van der Waals surface area contributed by atoms with E-state index in [0.717, 1.165) is 18.6 Å². The minimum absolute atomic E-state index is 0.122. The molecule has 0 radical (unpaired) electrons. The molecule has 0 fully saturated rings. The highest BCUT2D eigenvalue weighted by Crippen LogP contribution is 2.24. The van der Waals surface area contributed by atoms with Crippen molar-refractivity contribution in [2.75, 3.05) is 17.4 Å². The van der Waals surface area contributed by atoms with Crippen LogP contribution < -0.4 is 9.62 Å². The van der Waals surface area contributed by atoms with Gasteiger partial charge in [-0.15, -0.1) is 0 Å². The second-order valence-electron chi connectivity index (χ2n) is 6.59. The molecule has 5 nitrogen and oxygen atoms in total. The van der Waals surface area contributed by atoms with Crippen LogP contribution in [0, 0.1) is 11.7 Å². The highest BCUT2D eigenvalue weighted by atomic mass is 32.2. The summed E-state index contributed by atoms with van der Waals surface area (Å²) < 4.78 is 41.4. The minimum atomic E-state index is -3.92. The Bertz CT molecular complexity index is 883. The number of sulfonamides is 1. The van der Waals surface area contributed by atoms with E-state index >= 15 is 0 Å². The van der Waals surface area contributed by atoms with E-state index in [2.05, 4.69) is 5.32 Å². The van der Waals surface area contributed by atoms with Crippen molar-refractivity contribution in [1.82, 2.24) is 5.32 Å². The van der Waals surface area contributed by atoms with Gasteiger partial charge in [-0.05, 0) is 49.6 Å². The van der Waals surface area contributed by atoms with Crippen molar-refractivity contribution in [2.24, 2.45) is 5.92 Å². The molecule has 0 heterocycles. The van der Waals surface area contributed by atoms with Crippen molar-refractivity contribution in [3.05, 3.63) is 59.9 Å². The van der Waals surface area contributed by atoms with Gasteiger partial charge in [-0.1, -0.05) is 32.0 Å². The SMILES string of the molecule is CCN(c1ccccc1)S(=O)(=O)c1ccc(F)c(C(=O)NCCC(C)C)c1. The zero-order chi connectivity index (χ0) is 20.0. The standard InChI is InChI=1S/C20H25FN2O3S/c1-4-23(16-8-6-5-7-9-16)27(25,26)17-10-11-19(21)18(14-17)20(24)22-13-12-15(2)3/h5-11,14-15H,4,12-13H2,1-3H3,(H,22,24). The first-order chi connectivity index (χ1) is 12.8. The van der Waals surface area contributed by atoms with Gasteiger partial charge in [0.05, 0.1) is 16.1 Å². The number of carbonyl (C=O) groups excluding carboxylic acids is 1. The molecule has 0 saturated carbocycles. The van der Waals surface area contributed by atoms with E-state index < -0.39 is 21.7 Å². The first-order valence-electron chi connectivity index (χ1n) is 8.93. The molecule has 0 saturated heterocycles. The number of rotatable bonds is 8. The molecule has 0 aliphatic rings. The molecule has 27 heavy (non-hydrogen) atoms. The lowest BCUT2D eigenvalue weighted by Gasteiger charge is -2.23. The molecule has 0 aliphatic heterocycles.